The first-order chi connectivity index (χ1) is 10.9. The van der Waals surface area contributed by atoms with Gasteiger partial charge in [0.2, 0.25) is 5.91 Å². The number of rotatable bonds is 5. The molecular formula is C15H13ClF3N3O. The SMILES string of the molecule is O=C(CNc1ccc(Cl)cc1C(F)(F)F)NCc1ccccn1. The molecule has 0 saturated carbocycles. The maximum absolute atomic E-state index is 12.9. The van der Waals surface area contributed by atoms with Crippen molar-refractivity contribution in [1.82, 2.24) is 10.3 Å². The van der Waals surface area contributed by atoms with Gasteiger partial charge in [-0.05, 0) is 30.3 Å². The zero-order chi connectivity index (χ0) is 16.9. The summed E-state index contributed by atoms with van der Waals surface area (Å²) in [6.45, 7) is -0.0916. The van der Waals surface area contributed by atoms with E-state index in [0.29, 0.717) is 5.69 Å². The molecule has 2 aromatic rings. The fraction of sp³-hybridized carbons (Fsp3) is 0.200. The van der Waals surface area contributed by atoms with Crippen molar-refractivity contribution in [3.05, 3.63) is 58.9 Å². The van der Waals surface area contributed by atoms with E-state index in [2.05, 4.69) is 15.6 Å². The fourth-order valence-electron chi connectivity index (χ4n) is 1.83. The smallest absolute Gasteiger partial charge is 0.376 e. The third kappa shape index (κ3) is 5.14. The van der Waals surface area contributed by atoms with Crippen molar-refractivity contribution >= 4 is 23.2 Å². The van der Waals surface area contributed by atoms with E-state index < -0.39 is 17.6 Å². The monoisotopic (exact) mass is 343 g/mol. The van der Waals surface area contributed by atoms with Crippen LogP contribution in [0.3, 0.4) is 0 Å². The highest BCUT2D eigenvalue weighted by Crippen LogP contribution is 2.36. The molecule has 1 amide bonds. The molecule has 4 nitrogen and oxygen atoms in total. The minimum absolute atomic E-state index is 0.0255. The van der Waals surface area contributed by atoms with Gasteiger partial charge in [0.25, 0.3) is 0 Å². The molecule has 0 unspecified atom stereocenters. The second kappa shape index (κ2) is 7.32. The molecule has 8 heteroatoms. The Bertz CT molecular complexity index is 677. The molecule has 1 aromatic carbocycles. The van der Waals surface area contributed by atoms with Crippen molar-refractivity contribution in [2.75, 3.05) is 11.9 Å². The van der Waals surface area contributed by atoms with Gasteiger partial charge in [-0.1, -0.05) is 17.7 Å². The standard InChI is InChI=1S/C15H13ClF3N3O/c16-10-4-5-13(12(7-10)15(17,18)19)21-9-14(23)22-8-11-3-1-2-6-20-11/h1-7,21H,8-9H2,(H,22,23). The molecule has 23 heavy (non-hydrogen) atoms. The van der Waals surface area contributed by atoms with Crippen LogP contribution in [0.1, 0.15) is 11.3 Å². The topological polar surface area (TPSA) is 54.0 Å². The summed E-state index contributed by atoms with van der Waals surface area (Å²) in [6.07, 6.45) is -2.97. The van der Waals surface area contributed by atoms with E-state index in [0.717, 1.165) is 6.07 Å². The number of hydrogen-bond donors (Lipinski definition) is 2. The number of aromatic nitrogens is 1. The predicted molar refractivity (Wildman–Crippen MR) is 81.0 cm³/mol. The maximum Gasteiger partial charge on any atom is 0.418 e. The molecule has 0 bridgehead atoms. The number of alkyl halides is 3. The highest BCUT2D eigenvalue weighted by molar-refractivity contribution is 6.30. The van der Waals surface area contributed by atoms with Crippen LogP contribution in [-0.4, -0.2) is 17.4 Å². The van der Waals surface area contributed by atoms with Gasteiger partial charge in [-0.2, -0.15) is 13.2 Å². The lowest BCUT2D eigenvalue weighted by Gasteiger charge is -2.14. The van der Waals surface area contributed by atoms with E-state index >= 15 is 0 Å². The van der Waals surface area contributed by atoms with Crippen molar-refractivity contribution in [2.24, 2.45) is 0 Å². The zero-order valence-electron chi connectivity index (χ0n) is 11.8. The quantitative estimate of drug-likeness (QED) is 0.874. The van der Waals surface area contributed by atoms with Gasteiger partial charge in [0.05, 0.1) is 24.3 Å². The molecule has 122 valence electrons. The van der Waals surface area contributed by atoms with Crippen LogP contribution in [0, 0.1) is 0 Å². The average Bonchev–Trinajstić information content (AvgIpc) is 2.52. The van der Waals surface area contributed by atoms with Crippen LogP contribution < -0.4 is 10.6 Å². The highest BCUT2D eigenvalue weighted by Gasteiger charge is 2.33. The minimum Gasteiger partial charge on any atom is -0.376 e. The lowest BCUT2D eigenvalue weighted by Crippen LogP contribution is -2.30. The van der Waals surface area contributed by atoms with Gasteiger partial charge >= 0.3 is 6.18 Å². The molecule has 1 heterocycles. The summed E-state index contributed by atoms with van der Waals surface area (Å²) in [7, 11) is 0. The number of carbonyl (C=O) groups excluding carboxylic acids is 1. The van der Waals surface area contributed by atoms with Crippen LogP contribution in [0.15, 0.2) is 42.6 Å². The first kappa shape index (κ1) is 17.1. The van der Waals surface area contributed by atoms with Crippen LogP contribution in [0.25, 0.3) is 0 Å². The number of benzene rings is 1. The summed E-state index contributed by atoms with van der Waals surface area (Å²) >= 11 is 5.59. The summed E-state index contributed by atoms with van der Waals surface area (Å²) in [6, 6.07) is 8.58. The van der Waals surface area contributed by atoms with Crippen LogP contribution in [-0.2, 0) is 17.5 Å². The zero-order valence-corrected chi connectivity index (χ0v) is 12.6. The van der Waals surface area contributed by atoms with Crippen LogP contribution in [0.4, 0.5) is 18.9 Å². The van der Waals surface area contributed by atoms with E-state index in [4.69, 9.17) is 11.6 Å². The van der Waals surface area contributed by atoms with Crippen molar-refractivity contribution in [1.29, 1.82) is 0 Å². The number of hydrogen-bond acceptors (Lipinski definition) is 3. The Labute approximate surface area is 135 Å². The molecule has 0 radical (unpaired) electrons. The summed E-state index contributed by atoms with van der Waals surface area (Å²) in [4.78, 5) is 15.7. The molecular weight excluding hydrogens is 331 g/mol. The number of carbonyl (C=O) groups is 1. The minimum atomic E-state index is -4.56. The van der Waals surface area contributed by atoms with Crippen LogP contribution in [0.5, 0.6) is 0 Å². The van der Waals surface area contributed by atoms with Crippen LogP contribution >= 0.6 is 11.6 Å². The Hall–Kier alpha value is -2.28. The summed E-state index contributed by atoms with van der Waals surface area (Å²) in [5.41, 5.74) is -0.458. The van der Waals surface area contributed by atoms with E-state index in [1.165, 1.54) is 12.1 Å². The molecule has 0 atom stereocenters. The number of amides is 1. The molecule has 1 aromatic heterocycles. The van der Waals surface area contributed by atoms with Crippen molar-refractivity contribution < 1.29 is 18.0 Å². The second-order valence-electron chi connectivity index (χ2n) is 4.64. The largest absolute Gasteiger partial charge is 0.418 e. The van der Waals surface area contributed by atoms with Gasteiger partial charge in [-0.25, -0.2) is 0 Å². The van der Waals surface area contributed by atoms with Crippen molar-refractivity contribution in [3.8, 4) is 0 Å². The average molecular weight is 344 g/mol. The summed E-state index contributed by atoms with van der Waals surface area (Å²) in [5, 5.41) is 5.01. The molecule has 0 spiro atoms. The maximum atomic E-state index is 12.9. The third-order valence-electron chi connectivity index (χ3n) is 2.92. The molecule has 0 aliphatic heterocycles. The fourth-order valence-corrected chi connectivity index (χ4v) is 2.01. The molecule has 0 saturated heterocycles. The normalized spacial score (nSPS) is 11.1. The van der Waals surface area contributed by atoms with Gasteiger partial charge in [0, 0.05) is 16.9 Å². The van der Waals surface area contributed by atoms with Crippen molar-refractivity contribution in [3.63, 3.8) is 0 Å². The second-order valence-corrected chi connectivity index (χ2v) is 5.08. The number of nitrogens with one attached hydrogen (secondary N) is 2. The van der Waals surface area contributed by atoms with Crippen LogP contribution in [0.2, 0.25) is 5.02 Å². The highest BCUT2D eigenvalue weighted by atomic mass is 35.5. The Kier molecular flexibility index (Phi) is 5.44. The number of anilines is 1. The lowest BCUT2D eigenvalue weighted by atomic mass is 10.1. The Morgan fingerprint density at radius 1 is 1.22 bits per heavy atom. The van der Waals surface area contributed by atoms with Crippen molar-refractivity contribution in [2.45, 2.75) is 12.7 Å². The van der Waals surface area contributed by atoms with E-state index in [-0.39, 0.29) is 23.8 Å². The Morgan fingerprint density at radius 3 is 2.65 bits per heavy atom. The first-order valence-electron chi connectivity index (χ1n) is 6.63. The number of halogens is 4. The third-order valence-corrected chi connectivity index (χ3v) is 3.15. The van der Waals surface area contributed by atoms with Gasteiger partial charge in [-0.15, -0.1) is 0 Å². The first-order valence-corrected chi connectivity index (χ1v) is 7.01. The van der Waals surface area contributed by atoms with Gasteiger partial charge in [0.1, 0.15) is 0 Å². The van der Waals surface area contributed by atoms with E-state index in [9.17, 15) is 18.0 Å². The summed E-state index contributed by atoms with van der Waals surface area (Å²) in [5.74, 6) is -0.446. The van der Waals surface area contributed by atoms with Gasteiger partial charge in [-0.3, -0.25) is 9.78 Å². The molecule has 0 fully saturated rings. The molecule has 0 aliphatic rings. The molecule has 2 N–H and O–H groups in total. The molecule has 0 aliphatic carbocycles. The Morgan fingerprint density at radius 2 is 2.00 bits per heavy atom. The number of pyridine rings is 1. The Balaban J connectivity index is 1.94. The van der Waals surface area contributed by atoms with Gasteiger partial charge < -0.3 is 10.6 Å². The van der Waals surface area contributed by atoms with E-state index in [1.54, 1.807) is 24.4 Å². The van der Waals surface area contributed by atoms with E-state index in [1.807, 2.05) is 0 Å². The number of nitrogens with zero attached hydrogens (tertiary/aromatic N) is 1. The summed E-state index contributed by atoms with van der Waals surface area (Å²) < 4.78 is 38.7. The molecule has 2 rings (SSSR count). The van der Waals surface area contributed by atoms with Gasteiger partial charge in [0.15, 0.2) is 0 Å². The lowest BCUT2D eigenvalue weighted by molar-refractivity contribution is -0.137. The predicted octanol–water partition coefficient (Wildman–Crippen LogP) is 3.48.